The summed E-state index contributed by atoms with van der Waals surface area (Å²) in [5, 5.41) is 0.341. The van der Waals surface area contributed by atoms with E-state index in [1.807, 2.05) is 0 Å². The van der Waals surface area contributed by atoms with Crippen molar-refractivity contribution in [3.63, 3.8) is 0 Å². The van der Waals surface area contributed by atoms with Crippen LogP contribution in [0.1, 0.15) is 5.82 Å². The largest absolute Gasteiger partial charge is 0.332 e. The molecule has 1 aromatic heterocycles. The summed E-state index contributed by atoms with van der Waals surface area (Å²) in [6.07, 6.45) is 0.591. The Kier molecular flexibility index (Phi) is 3.22. The first-order chi connectivity index (χ1) is 7.72. The lowest BCUT2D eigenvalue weighted by atomic mass is 10.1. The smallest absolute Gasteiger partial charge is 0.134 e. The van der Waals surface area contributed by atoms with Crippen molar-refractivity contribution in [2.75, 3.05) is 6.54 Å². The van der Waals surface area contributed by atoms with Crippen LogP contribution in [0.15, 0.2) is 24.3 Å². The van der Waals surface area contributed by atoms with Crippen molar-refractivity contribution < 1.29 is 4.39 Å². The molecule has 0 saturated carbocycles. The molecular weight excluding hydrogens is 229 g/mol. The molecule has 0 bridgehead atoms. The third-order valence-corrected chi connectivity index (χ3v) is 2.49. The van der Waals surface area contributed by atoms with Gasteiger partial charge in [-0.15, -0.1) is 0 Å². The van der Waals surface area contributed by atoms with Crippen LogP contribution in [0.2, 0.25) is 5.15 Å². The predicted molar refractivity (Wildman–Crippen MR) is 61.8 cm³/mol. The number of aromatic nitrogens is 2. The first-order valence-electron chi connectivity index (χ1n) is 4.91. The summed E-state index contributed by atoms with van der Waals surface area (Å²) in [7, 11) is 0. The minimum absolute atomic E-state index is 0.338. The summed E-state index contributed by atoms with van der Waals surface area (Å²) in [5.41, 5.74) is 6.24. The number of hydrogen-bond donors (Lipinski definition) is 2. The summed E-state index contributed by atoms with van der Waals surface area (Å²) < 4.78 is 13.5. The van der Waals surface area contributed by atoms with Crippen molar-refractivity contribution in [3.05, 3.63) is 41.1 Å². The van der Waals surface area contributed by atoms with Gasteiger partial charge >= 0.3 is 0 Å². The first kappa shape index (κ1) is 11.1. The Morgan fingerprint density at radius 2 is 2.12 bits per heavy atom. The molecule has 0 aliphatic rings. The van der Waals surface area contributed by atoms with Crippen molar-refractivity contribution in [1.82, 2.24) is 9.97 Å². The van der Waals surface area contributed by atoms with Gasteiger partial charge < -0.3 is 10.7 Å². The monoisotopic (exact) mass is 239 g/mol. The highest BCUT2D eigenvalue weighted by molar-refractivity contribution is 6.31. The van der Waals surface area contributed by atoms with Gasteiger partial charge in [-0.25, -0.2) is 9.37 Å². The second-order valence-corrected chi connectivity index (χ2v) is 3.74. The highest BCUT2D eigenvalue weighted by Gasteiger charge is 2.13. The standard InChI is InChI=1S/C11H11ClFN3/c12-11-10(15-9(16-11)5-6-14)7-3-1-2-4-8(7)13/h1-4H,5-6,14H2,(H,15,16). The third kappa shape index (κ3) is 2.08. The lowest BCUT2D eigenvalue weighted by molar-refractivity contribution is 0.631. The molecule has 0 amide bonds. The second kappa shape index (κ2) is 4.63. The van der Waals surface area contributed by atoms with E-state index in [1.165, 1.54) is 6.07 Å². The molecule has 0 aliphatic carbocycles. The molecule has 2 aromatic rings. The topological polar surface area (TPSA) is 54.7 Å². The third-order valence-electron chi connectivity index (χ3n) is 2.22. The number of nitrogens with one attached hydrogen (secondary N) is 1. The Morgan fingerprint density at radius 1 is 1.38 bits per heavy atom. The van der Waals surface area contributed by atoms with Crippen LogP contribution in [0.25, 0.3) is 11.3 Å². The van der Waals surface area contributed by atoms with Crippen LogP contribution in [0.5, 0.6) is 0 Å². The molecule has 16 heavy (non-hydrogen) atoms. The minimum Gasteiger partial charge on any atom is -0.332 e. The number of aromatic amines is 1. The van der Waals surface area contributed by atoms with E-state index in [0.29, 0.717) is 35.2 Å². The molecule has 2 rings (SSSR count). The summed E-state index contributed by atoms with van der Waals surface area (Å²) >= 11 is 5.96. The number of nitrogens with zero attached hydrogens (tertiary/aromatic N) is 1. The number of rotatable bonds is 3. The van der Waals surface area contributed by atoms with E-state index in [0.717, 1.165) is 0 Å². The van der Waals surface area contributed by atoms with E-state index < -0.39 is 0 Å². The normalized spacial score (nSPS) is 10.7. The maximum Gasteiger partial charge on any atom is 0.134 e. The van der Waals surface area contributed by atoms with Gasteiger partial charge in [0.05, 0.1) is 0 Å². The zero-order valence-corrected chi connectivity index (χ0v) is 9.26. The van der Waals surface area contributed by atoms with Crippen LogP contribution >= 0.6 is 11.6 Å². The molecule has 1 aromatic carbocycles. The number of imidazole rings is 1. The van der Waals surface area contributed by atoms with Crippen molar-refractivity contribution in [2.24, 2.45) is 5.73 Å². The molecule has 3 nitrogen and oxygen atoms in total. The highest BCUT2D eigenvalue weighted by Crippen LogP contribution is 2.27. The molecule has 0 radical (unpaired) electrons. The van der Waals surface area contributed by atoms with E-state index in [9.17, 15) is 4.39 Å². The van der Waals surface area contributed by atoms with Gasteiger partial charge in [0, 0.05) is 12.0 Å². The fourth-order valence-corrected chi connectivity index (χ4v) is 1.74. The number of benzene rings is 1. The summed E-state index contributed by atoms with van der Waals surface area (Å²) in [5.74, 6) is 0.334. The van der Waals surface area contributed by atoms with E-state index in [4.69, 9.17) is 17.3 Å². The summed E-state index contributed by atoms with van der Waals surface area (Å²) in [6, 6.07) is 6.39. The van der Waals surface area contributed by atoms with Crippen LogP contribution in [-0.4, -0.2) is 16.5 Å². The Bertz CT molecular complexity index is 496. The maximum atomic E-state index is 13.5. The van der Waals surface area contributed by atoms with Gasteiger partial charge in [-0.1, -0.05) is 23.7 Å². The molecule has 0 aliphatic heterocycles. The lowest BCUT2D eigenvalue weighted by Crippen LogP contribution is -2.03. The number of nitrogens with two attached hydrogens (primary N) is 1. The van der Waals surface area contributed by atoms with Crippen molar-refractivity contribution in [1.29, 1.82) is 0 Å². The molecule has 5 heteroatoms. The number of halogens is 2. The second-order valence-electron chi connectivity index (χ2n) is 3.36. The van der Waals surface area contributed by atoms with Crippen LogP contribution in [0.4, 0.5) is 4.39 Å². The number of hydrogen-bond acceptors (Lipinski definition) is 2. The molecule has 0 fully saturated rings. The van der Waals surface area contributed by atoms with Gasteiger partial charge in [0.1, 0.15) is 22.5 Å². The average molecular weight is 240 g/mol. The fraction of sp³-hybridized carbons (Fsp3) is 0.182. The molecule has 0 atom stereocenters. The Morgan fingerprint density at radius 3 is 2.81 bits per heavy atom. The first-order valence-corrected chi connectivity index (χ1v) is 5.29. The lowest BCUT2D eigenvalue weighted by Gasteiger charge is -1.98. The Labute approximate surface area is 97.5 Å². The summed E-state index contributed by atoms with van der Waals surface area (Å²) in [6.45, 7) is 0.473. The quantitative estimate of drug-likeness (QED) is 0.864. The van der Waals surface area contributed by atoms with Gasteiger partial charge in [0.25, 0.3) is 0 Å². The maximum absolute atomic E-state index is 13.5. The van der Waals surface area contributed by atoms with Crippen LogP contribution in [0.3, 0.4) is 0 Å². The zero-order valence-electron chi connectivity index (χ0n) is 8.50. The molecule has 0 saturated heterocycles. The van der Waals surface area contributed by atoms with Crippen molar-refractivity contribution in [3.8, 4) is 11.3 Å². The van der Waals surface area contributed by atoms with E-state index >= 15 is 0 Å². The molecule has 0 spiro atoms. The predicted octanol–water partition coefficient (Wildman–Crippen LogP) is 2.37. The van der Waals surface area contributed by atoms with Gasteiger partial charge in [0.15, 0.2) is 0 Å². The van der Waals surface area contributed by atoms with E-state index in [1.54, 1.807) is 18.2 Å². The Balaban J connectivity index is 2.44. The fourth-order valence-electron chi connectivity index (χ4n) is 1.48. The number of H-pyrrole nitrogens is 1. The molecule has 1 heterocycles. The summed E-state index contributed by atoms with van der Waals surface area (Å²) in [4.78, 5) is 7.10. The average Bonchev–Trinajstić information content (AvgIpc) is 2.61. The molecular formula is C11H11ClFN3. The van der Waals surface area contributed by atoms with Crippen LogP contribution < -0.4 is 5.73 Å². The van der Waals surface area contributed by atoms with Crippen molar-refractivity contribution >= 4 is 11.6 Å². The van der Waals surface area contributed by atoms with Crippen LogP contribution in [-0.2, 0) is 6.42 Å². The van der Waals surface area contributed by atoms with Crippen molar-refractivity contribution in [2.45, 2.75) is 6.42 Å². The highest BCUT2D eigenvalue weighted by atomic mass is 35.5. The van der Waals surface area contributed by atoms with Gasteiger partial charge in [-0.2, -0.15) is 0 Å². The minimum atomic E-state index is -0.338. The van der Waals surface area contributed by atoms with Gasteiger partial charge in [0.2, 0.25) is 0 Å². The molecule has 84 valence electrons. The van der Waals surface area contributed by atoms with Gasteiger partial charge in [-0.3, -0.25) is 0 Å². The Hall–Kier alpha value is -1.39. The van der Waals surface area contributed by atoms with Gasteiger partial charge in [-0.05, 0) is 18.7 Å². The van der Waals surface area contributed by atoms with Crippen LogP contribution in [0, 0.1) is 5.82 Å². The van der Waals surface area contributed by atoms with E-state index in [-0.39, 0.29) is 5.82 Å². The molecule has 3 N–H and O–H groups in total. The zero-order chi connectivity index (χ0) is 11.5. The molecule has 0 unspecified atom stereocenters. The van der Waals surface area contributed by atoms with E-state index in [2.05, 4.69) is 9.97 Å². The SMILES string of the molecule is NCCc1nc(-c2ccccc2F)c(Cl)[nH]1.